The van der Waals surface area contributed by atoms with Crippen LogP contribution in [0.4, 0.5) is 5.00 Å². The third kappa shape index (κ3) is 2.61. The summed E-state index contributed by atoms with van der Waals surface area (Å²) in [7, 11) is 0. The second-order valence-corrected chi connectivity index (χ2v) is 7.05. The number of nitriles is 1. The quantitative estimate of drug-likeness (QED) is 0.860. The second-order valence-electron chi connectivity index (χ2n) is 5.09. The summed E-state index contributed by atoms with van der Waals surface area (Å²) >= 11 is 4.97. The molecule has 3 nitrogen and oxygen atoms in total. The molecule has 1 amide bonds. The summed E-state index contributed by atoms with van der Waals surface area (Å²) in [4.78, 5) is 13.6. The van der Waals surface area contributed by atoms with Gasteiger partial charge in [0.05, 0.1) is 5.56 Å². The van der Waals surface area contributed by atoms with Crippen LogP contribution >= 0.6 is 27.3 Å². The number of carbonyl (C=O) groups is 1. The van der Waals surface area contributed by atoms with Gasteiger partial charge in [0.2, 0.25) is 0 Å². The highest BCUT2D eigenvalue weighted by atomic mass is 79.9. The van der Waals surface area contributed by atoms with Gasteiger partial charge >= 0.3 is 0 Å². The minimum Gasteiger partial charge on any atom is -0.312 e. The number of aryl methyl sites for hydroxylation is 2. The summed E-state index contributed by atoms with van der Waals surface area (Å²) < 4.78 is 0.979. The van der Waals surface area contributed by atoms with E-state index in [1.54, 1.807) is 6.07 Å². The number of carbonyl (C=O) groups excluding carboxylic acids is 1. The number of nitrogens with one attached hydrogen (secondary N) is 1. The first-order valence-electron chi connectivity index (χ1n) is 6.72. The lowest BCUT2D eigenvalue weighted by molar-refractivity contribution is 0.102. The molecule has 2 aromatic rings. The Hall–Kier alpha value is -1.64. The van der Waals surface area contributed by atoms with Crippen molar-refractivity contribution in [2.45, 2.75) is 26.2 Å². The van der Waals surface area contributed by atoms with Crippen molar-refractivity contribution in [1.29, 1.82) is 5.26 Å². The minimum absolute atomic E-state index is 0.165. The molecule has 0 unspecified atom stereocenters. The highest BCUT2D eigenvalue weighted by Gasteiger charge is 2.23. The standard InChI is InChI=1S/C16H13BrN2OS/c1-9-7-10(5-6-13(9)17)15(20)19-16-12(8-18)11-3-2-4-14(11)21-16/h5-7H,2-4H2,1H3,(H,19,20). The fourth-order valence-electron chi connectivity index (χ4n) is 2.57. The van der Waals surface area contributed by atoms with E-state index in [4.69, 9.17) is 0 Å². The van der Waals surface area contributed by atoms with Gasteiger partial charge in [-0.1, -0.05) is 15.9 Å². The third-order valence-electron chi connectivity index (χ3n) is 3.68. The lowest BCUT2D eigenvalue weighted by Gasteiger charge is -2.06. The summed E-state index contributed by atoms with van der Waals surface area (Å²) in [5.41, 5.74) is 3.39. The maximum absolute atomic E-state index is 12.3. The second kappa shape index (κ2) is 5.63. The maximum Gasteiger partial charge on any atom is 0.256 e. The van der Waals surface area contributed by atoms with Gasteiger partial charge in [0.25, 0.3) is 5.91 Å². The van der Waals surface area contributed by atoms with Crippen LogP contribution in [-0.2, 0) is 12.8 Å². The van der Waals surface area contributed by atoms with Crippen LogP contribution in [0, 0.1) is 18.3 Å². The van der Waals surface area contributed by atoms with Crippen LogP contribution < -0.4 is 5.32 Å². The van der Waals surface area contributed by atoms with Crippen LogP contribution in [-0.4, -0.2) is 5.91 Å². The van der Waals surface area contributed by atoms with Crippen molar-refractivity contribution in [3.8, 4) is 6.07 Å². The zero-order valence-electron chi connectivity index (χ0n) is 11.5. The number of fused-ring (bicyclic) bond motifs is 1. The Morgan fingerprint density at radius 2 is 2.24 bits per heavy atom. The monoisotopic (exact) mass is 360 g/mol. The van der Waals surface area contributed by atoms with Crippen LogP contribution in [0.1, 0.15) is 38.3 Å². The molecule has 0 spiro atoms. The van der Waals surface area contributed by atoms with Gasteiger partial charge in [0.15, 0.2) is 0 Å². The number of hydrogen-bond acceptors (Lipinski definition) is 3. The molecule has 1 aliphatic carbocycles. The molecule has 106 valence electrons. The highest BCUT2D eigenvalue weighted by Crippen LogP contribution is 2.38. The highest BCUT2D eigenvalue weighted by molar-refractivity contribution is 9.10. The van der Waals surface area contributed by atoms with E-state index in [1.807, 2.05) is 19.1 Å². The first-order chi connectivity index (χ1) is 10.1. The fraction of sp³-hybridized carbons (Fsp3) is 0.250. The van der Waals surface area contributed by atoms with Crippen molar-refractivity contribution in [1.82, 2.24) is 0 Å². The molecule has 0 bridgehead atoms. The zero-order chi connectivity index (χ0) is 15.0. The van der Waals surface area contributed by atoms with Crippen molar-refractivity contribution in [3.05, 3.63) is 49.8 Å². The SMILES string of the molecule is Cc1cc(C(=O)Nc2sc3c(c2C#N)CCC3)ccc1Br. The van der Waals surface area contributed by atoms with Gasteiger partial charge in [-0.2, -0.15) is 5.26 Å². The maximum atomic E-state index is 12.3. The zero-order valence-corrected chi connectivity index (χ0v) is 13.9. The topological polar surface area (TPSA) is 52.9 Å². The molecule has 3 rings (SSSR count). The first kappa shape index (κ1) is 14.3. The Morgan fingerprint density at radius 1 is 1.43 bits per heavy atom. The number of hydrogen-bond donors (Lipinski definition) is 1. The van der Waals surface area contributed by atoms with Crippen molar-refractivity contribution < 1.29 is 4.79 Å². The predicted octanol–water partition coefficient (Wildman–Crippen LogP) is 4.43. The van der Waals surface area contributed by atoms with E-state index in [0.29, 0.717) is 16.1 Å². The van der Waals surface area contributed by atoms with Crippen LogP contribution in [0.2, 0.25) is 0 Å². The number of benzene rings is 1. The molecule has 5 heteroatoms. The van der Waals surface area contributed by atoms with E-state index in [1.165, 1.54) is 16.2 Å². The van der Waals surface area contributed by atoms with Crippen molar-refractivity contribution >= 4 is 38.2 Å². The third-order valence-corrected chi connectivity index (χ3v) is 5.78. The summed E-state index contributed by atoms with van der Waals surface area (Å²) in [5, 5.41) is 12.9. The summed E-state index contributed by atoms with van der Waals surface area (Å²) in [6.45, 7) is 1.95. The van der Waals surface area contributed by atoms with Crippen LogP contribution in [0.3, 0.4) is 0 Å². The predicted molar refractivity (Wildman–Crippen MR) is 87.9 cm³/mol. The van der Waals surface area contributed by atoms with E-state index in [2.05, 4.69) is 27.3 Å². The number of nitrogens with zero attached hydrogens (tertiary/aromatic N) is 1. The molecule has 0 aliphatic heterocycles. The molecule has 0 radical (unpaired) electrons. The van der Waals surface area contributed by atoms with Gasteiger partial charge in [-0.15, -0.1) is 11.3 Å². The first-order valence-corrected chi connectivity index (χ1v) is 8.33. The lowest BCUT2D eigenvalue weighted by Crippen LogP contribution is -2.12. The molecule has 0 saturated carbocycles. The van der Waals surface area contributed by atoms with Crippen molar-refractivity contribution in [2.75, 3.05) is 5.32 Å². The van der Waals surface area contributed by atoms with E-state index < -0.39 is 0 Å². The number of rotatable bonds is 2. The lowest BCUT2D eigenvalue weighted by atomic mass is 10.1. The molecular weight excluding hydrogens is 348 g/mol. The van der Waals surface area contributed by atoms with Gasteiger partial charge in [0, 0.05) is 14.9 Å². The molecule has 0 atom stereocenters. The summed E-state index contributed by atoms with van der Waals surface area (Å²) in [6.07, 6.45) is 3.07. The molecule has 21 heavy (non-hydrogen) atoms. The molecule has 1 aliphatic rings. The largest absolute Gasteiger partial charge is 0.312 e. The van der Waals surface area contributed by atoms with Gasteiger partial charge < -0.3 is 5.32 Å². The Kier molecular flexibility index (Phi) is 3.83. The van der Waals surface area contributed by atoms with Crippen molar-refractivity contribution in [3.63, 3.8) is 0 Å². The van der Waals surface area contributed by atoms with E-state index in [0.717, 1.165) is 34.9 Å². The van der Waals surface area contributed by atoms with Crippen LogP contribution in [0.25, 0.3) is 0 Å². The number of amides is 1. The van der Waals surface area contributed by atoms with Crippen molar-refractivity contribution in [2.24, 2.45) is 0 Å². The Bertz CT molecular complexity index is 773. The summed E-state index contributed by atoms with van der Waals surface area (Å²) in [6, 6.07) is 7.72. The molecule has 0 fully saturated rings. The normalized spacial score (nSPS) is 12.8. The van der Waals surface area contributed by atoms with E-state index in [9.17, 15) is 10.1 Å². The van der Waals surface area contributed by atoms with E-state index >= 15 is 0 Å². The molecule has 0 saturated heterocycles. The average molecular weight is 361 g/mol. The van der Waals surface area contributed by atoms with E-state index in [-0.39, 0.29) is 5.91 Å². The Labute approximate surface area is 135 Å². The molecule has 1 aromatic carbocycles. The van der Waals surface area contributed by atoms with Gasteiger partial charge in [-0.3, -0.25) is 4.79 Å². The molecule has 1 heterocycles. The van der Waals surface area contributed by atoms with Gasteiger partial charge in [0.1, 0.15) is 11.1 Å². The Morgan fingerprint density at radius 3 is 2.95 bits per heavy atom. The average Bonchev–Trinajstić information content (AvgIpc) is 3.02. The smallest absolute Gasteiger partial charge is 0.256 e. The van der Waals surface area contributed by atoms with Crippen LogP contribution in [0.15, 0.2) is 22.7 Å². The summed E-state index contributed by atoms with van der Waals surface area (Å²) in [5.74, 6) is -0.165. The fourth-order valence-corrected chi connectivity index (χ4v) is 4.05. The molecular formula is C16H13BrN2OS. The van der Waals surface area contributed by atoms with Gasteiger partial charge in [-0.25, -0.2) is 0 Å². The van der Waals surface area contributed by atoms with Crippen LogP contribution in [0.5, 0.6) is 0 Å². The molecule has 1 N–H and O–H groups in total. The minimum atomic E-state index is -0.165. The Balaban J connectivity index is 1.88. The van der Waals surface area contributed by atoms with Gasteiger partial charge in [-0.05, 0) is 55.5 Å². The number of halogens is 1. The number of anilines is 1. The number of thiophene rings is 1. The molecule has 1 aromatic heterocycles.